The van der Waals surface area contributed by atoms with E-state index in [0.717, 1.165) is 0 Å². The van der Waals surface area contributed by atoms with Gasteiger partial charge in [0.15, 0.2) is 0 Å². The molecule has 0 aromatic heterocycles. The Kier molecular flexibility index (Phi) is 5.93. The van der Waals surface area contributed by atoms with Gasteiger partial charge < -0.3 is 11.4 Å². The van der Waals surface area contributed by atoms with Crippen molar-refractivity contribution in [2.75, 3.05) is 6.16 Å². The number of hydrogen-bond donors (Lipinski definition) is 2. The van der Waals surface area contributed by atoms with E-state index in [4.69, 9.17) is 5.11 Å². The fourth-order valence-electron chi connectivity index (χ4n) is 1.04. The molecule has 0 aliphatic carbocycles. The molecule has 1 unspecified atom stereocenters. The molecule has 2 N–H and O–H groups in total. The molecule has 6 heteroatoms. The van der Waals surface area contributed by atoms with Crippen LogP contribution in [0.4, 0.5) is 0 Å². The Hall–Kier alpha value is -0.523. The van der Waals surface area contributed by atoms with Crippen LogP contribution < -0.4 is 24.2 Å². The van der Waals surface area contributed by atoms with E-state index in [1.54, 1.807) is 18.2 Å². The van der Waals surface area contributed by atoms with Crippen molar-refractivity contribution >= 4 is 18.6 Å². The third kappa shape index (κ3) is 4.68. The van der Waals surface area contributed by atoms with E-state index in [9.17, 15) is 14.3 Å². The van der Waals surface area contributed by atoms with Gasteiger partial charge in [-0.2, -0.15) is 0 Å². The summed E-state index contributed by atoms with van der Waals surface area (Å²) in [6.45, 7) is 0. The third-order valence-electron chi connectivity index (χ3n) is 1.79. The molecule has 15 heavy (non-hydrogen) atoms. The summed E-state index contributed by atoms with van der Waals surface area (Å²) in [5.74, 6) is -1.06. The molecule has 0 radical (unpaired) electrons. The first kappa shape index (κ1) is 14.5. The van der Waals surface area contributed by atoms with Gasteiger partial charge in [-0.15, -0.1) is 0 Å². The number of benzene rings is 1. The summed E-state index contributed by atoms with van der Waals surface area (Å²) < 4.78 is 11.6. The second-order valence-electron chi connectivity index (χ2n) is 2.90. The molecule has 0 aliphatic heterocycles. The van der Waals surface area contributed by atoms with Gasteiger partial charge in [0.25, 0.3) is 0 Å². The zero-order valence-corrected chi connectivity index (χ0v) is 9.35. The van der Waals surface area contributed by atoms with Crippen LogP contribution in [-0.2, 0) is 9.36 Å². The molecule has 1 aromatic rings. The fraction of sp³-hybridized carbons (Fsp3) is 0.222. The first-order valence-electron chi connectivity index (χ1n) is 4.11. The molecule has 0 fully saturated rings. The Morgan fingerprint density at radius 1 is 1.33 bits per heavy atom. The minimum atomic E-state index is -3.48. The van der Waals surface area contributed by atoms with Crippen molar-refractivity contribution in [3.63, 3.8) is 0 Å². The molecule has 1 aromatic carbocycles. The average Bonchev–Trinajstić information content (AvgIpc) is 2.16. The first-order valence-corrected chi connectivity index (χ1v) is 5.96. The van der Waals surface area contributed by atoms with Crippen LogP contribution in [0, 0.1) is 0 Å². The second-order valence-corrected chi connectivity index (χ2v) is 5.27. The normalized spacial score (nSPS) is 13.7. The molecule has 0 saturated carbocycles. The number of aliphatic carboxylic acids is 1. The quantitative estimate of drug-likeness (QED) is 0.464. The van der Waals surface area contributed by atoms with Gasteiger partial charge in [-0.1, -0.05) is 18.2 Å². The molecule has 0 bridgehead atoms. The Labute approximate surface area is 101 Å². The largest absolute Gasteiger partial charge is 1.00 e. The van der Waals surface area contributed by atoms with Crippen LogP contribution in [0.1, 0.15) is 7.85 Å². The topological polar surface area (TPSA) is 74.6 Å². The smallest absolute Gasteiger partial charge is 1.00 e. The van der Waals surface area contributed by atoms with Crippen LogP contribution in [0.2, 0.25) is 0 Å². The van der Waals surface area contributed by atoms with E-state index in [1.807, 2.05) is 0 Å². The molecule has 1 rings (SSSR count). The summed E-state index contributed by atoms with van der Waals surface area (Å²) in [5, 5.41) is 8.70. The molecule has 4 nitrogen and oxygen atoms in total. The average molecular weight is 222 g/mol. The minimum Gasteiger partial charge on any atom is -1.00 e. The second kappa shape index (κ2) is 6.15. The number of hydrogen-bond acceptors (Lipinski definition) is 2. The van der Waals surface area contributed by atoms with Gasteiger partial charge in [0, 0.05) is 11.5 Å². The van der Waals surface area contributed by atoms with E-state index in [-0.39, 0.29) is 32.9 Å². The van der Waals surface area contributed by atoms with Crippen molar-refractivity contribution in [1.29, 1.82) is 0 Å². The van der Waals surface area contributed by atoms with Gasteiger partial charge in [-0.25, -0.2) is 0 Å². The molecule has 0 aliphatic rings. The Bertz CT molecular complexity index is 371. The number of carbonyl (C=O) groups is 1. The summed E-state index contributed by atoms with van der Waals surface area (Å²) in [7, 11) is -3.48. The molecular weight excluding hydrogens is 210 g/mol. The number of carboxylic acid groups (broad SMARTS) is 1. The predicted molar refractivity (Wildman–Crippen MR) is 54.1 cm³/mol. The standard InChI is InChI=1S/C9H11O4P.Li.H/c10-9(11)6-7-14(12,13)8-4-2-1-3-5-8;;/h1-5H,6-7H2,(H,10,11)(H,12,13);;/q;+1;-1. The number of carboxylic acids is 1. The maximum absolute atomic E-state index is 11.6. The van der Waals surface area contributed by atoms with Crippen molar-refractivity contribution in [2.45, 2.75) is 6.42 Å². The van der Waals surface area contributed by atoms with Gasteiger partial charge in [-0.05, 0) is 12.1 Å². The zero-order chi connectivity index (χ0) is 10.6. The van der Waals surface area contributed by atoms with E-state index in [1.165, 1.54) is 12.1 Å². The van der Waals surface area contributed by atoms with Gasteiger partial charge in [0.2, 0.25) is 7.37 Å². The van der Waals surface area contributed by atoms with E-state index >= 15 is 0 Å². The molecule has 78 valence electrons. The molecule has 0 heterocycles. The molecular formula is C9H12LiO4P. The Balaban J connectivity index is 0. The van der Waals surface area contributed by atoms with Crippen LogP contribution in [-0.4, -0.2) is 22.1 Å². The van der Waals surface area contributed by atoms with E-state index < -0.39 is 13.3 Å². The maximum atomic E-state index is 11.6. The summed E-state index contributed by atoms with van der Waals surface area (Å²) in [6.07, 6.45) is -0.505. The van der Waals surface area contributed by atoms with Crippen molar-refractivity contribution in [1.82, 2.24) is 0 Å². The van der Waals surface area contributed by atoms with Gasteiger partial charge in [-0.3, -0.25) is 9.36 Å². The van der Waals surface area contributed by atoms with Crippen LogP contribution in [0.15, 0.2) is 30.3 Å². The summed E-state index contributed by atoms with van der Waals surface area (Å²) in [5.41, 5.74) is 0. The van der Waals surface area contributed by atoms with Gasteiger partial charge >= 0.3 is 24.8 Å². The summed E-state index contributed by atoms with van der Waals surface area (Å²) in [4.78, 5) is 19.8. The molecule has 0 spiro atoms. The molecule has 0 saturated heterocycles. The fourth-order valence-corrected chi connectivity index (χ4v) is 2.43. The Morgan fingerprint density at radius 2 is 1.87 bits per heavy atom. The van der Waals surface area contributed by atoms with Crippen LogP contribution in [0.3, 0.4) is 0 Å². The van der Waals surface area contributed by atoms with Crippen LogP contribution in [0.5, 0.6) is 0 Å². The monoisotopic (exact) mass is 222 g/mol. The molecule has 0 amide bonds. The van der Waals surface area contributed by atoms with Crippen LogP contribution >= 0.6 is 7.37 Å². The first-order chi connectivity index (χ1) is 6.52. The van der Waals surface area contributed by atoms with Crippen molar-refractivity contribution in [3.05, 3.63) is 30.3 Å². The SMILES string of the molecule is O=C(O)CCP(=O)(O)c1ccccc1.[H-].[Li+]. The van der Waals surface area contributed by atoms with E-state index in [2.05, 4.69) is 0 Å². The zero-order valence-electron chi connectivity index (χ0n) is 9.46. The van der Waals surface area contributed by atoms with Crippen molar-refractivity contribution in [2.24, 2.45) is 0 Å². The minimum absolute atomic E-state index is 0. The third-order valence-corrected chi connectivity index (χ3v) is 3.72. The van der Waals surface area contributed by atoms with Gasteiger partial charge in [0.05, 0.1) is 6.42 Å². The van der Waals surface area contributed by atoms with Gasteiger partial charge in [0.1, 0.15) is 0 Å². The van der Waals surface area contributed by atoms with Crippen molar-refractivity contribution < 1.29 is 39.6 Å². The van der Waals surface area contributed by atoms with E-state index in [0.29, 0.717) is 5.30 Å². The summed E-state index contributed by atoms with van der Waals surface area (Å²) in [6, 6.07) is 8.10. The maximum Gasteiger partial charge on any atom is 1.00 e. The van der Waals surface area contributed by atoms with Crippen molar-refractivity contribution in [3.8, 4) is 0 Å². The van der Waals surface area contributed by atoms with Crippen LogP contribution in [0.25, 0.3) is 0 Å². The Morgan fingerprint density at radius 3 is 2.33 bits per heavy atom. The molecule has 1 atom stereocenters. The predicted octanol–water partition coefficient (Wildman–Crippen LogP) is -1.83. The number of rotatable bonds is 4. The summed E-state index contributed by atoms with van der Waals surface area (Å²) >= 11 is 0.